The number of piperidine rings is 1. The van der Waals surface area contributed by atoms with E-state index in [1.165, 1.54) is 18.2 Å². The Kier molecular flexibility index (Phi) is 3.69. The molecule has 0 aliphatic carbocycles. The number of aromatic nitrogens is 2. The minimum atomic E-state index is -0.650. The normalized spacial score (nSPS) is 28.8. The van der Waals surface area contributed by atoms with Gasteiger partial charge in [-0.25, -0.2) is 0 Å². The molecular formula is C21H25N3O2. The van der Waals surface area contributed by atoms with Crippen LogP contribution in [0.25, 0.3) is 10.9 Å². The number of hydrogen-bond acceptors (Lipinski definition) is 4. The fourth-order valence-corrected chi connectivity index (χ4v) is 5.03. The van der Waals surface area contributed by atoms with Crippen LogP contribution in [-0.4, -0.2) is 37.2 Å². The summed E-state index contributed by atoms with van der Waals surface area (Å²) in [5.74, 6) is 2.00. The maximum Gasteiger partial charge on any atom is 0.118 e. The third-order valence-corrected chi connectivity index (χ3v) is 6.18. The first-order valence-corrected chi connectivity index (χ1v) is 9.52. The Balaban J connectivity index is 1.34. The van der Waals surface area contributed by atoms with Gasteiger partial charge in [0, 0.05) is 29.9 Å². The van der Waals surface area contributed by atoms with Crippen molar-refractivity contribution in [2.24, 2.45) is 0 Å². The molecule has 5 heteroatoms. The molecule has 0 radical (unpaired) electrons. The summed E-state index contributed by atoms with van der Waals surface area (Å²) in [4.78, 5) is 6.79. The summed E-state index contributed by atoms with van der Waals surface area (Å²) in [6, 6.07) is 9.10. The van der Waals surface area contributed by atoms with E-state index in [2.05, 4.69) is 32.8 Å². The molecule has 2 aliphatic rings. The lowest BCUT2D eigenvalue weighted by Gasteiger charge is -2.43. The number of hydrogen-bond donors (Lipinski definition) is 1. The number of nitrogens with zero attached hydrogens (tertiary/aromatic N) is 3. The Morgan fingerprint density at radius 2 is 2.00 bits per heavy atom. The fourth-order valence-electron chi connectivity index (χ4n) is 5.03. The topological polar surface area (TPSA) is 54.4 Å². The van der Waals surface area contributed by atoms with Gasteiger partial charge in [0.05, 0.1) is 30.4 Å². The number of fused-ring (bicyclic) bond motifs is 3. The number of aliphatic hydroxyl groups is 1. The molecule has 0 unspecified atom stereocenters. The van der Waals surface area contributed by atoms with Gasteiger partial charge in [0.2, 0.25) is 0 Å². The van der Waals surface area contributed by atoms with Gasteiger partial charge in [-0.05, 0) is 56.9 Å². The van der Waals surface area contributed by atoms with Crippen LogP contribution in [0, 0.1) is 6.92 Å². The molecule has 2 aliphatic heterocycles. The zero-order valence-corrected chi connectivity index (χ0v) is 15.1. The largest absolute Gasteiger partial charge is 0.465 e. The second-order valence-electron chi connectivity index (χ2n) is 8.08. The average molecular weight is 351 g/mol. The zero-order chi connectivity index (χ0) is 17.7. The summed E-state index contributed by atoms with van der Waals surface area (Å²) in [6.45, 7) is 3.49. The SMILES string of the molecule is Cc1ccc(CN2[C@@H]3CC[C@@H]2CC(O)(Cn2ccc4ccncc42)C3)o1. The van der Waals surface area contributed by atoms with E-state index in [1.54, 1.807) is 0 Å². The van der Waals surface area contributed by atoms with E-state index in [0.717, 1.165) is 36.4 Å². The summed E-state index contributed by atoms with van der Waals surface area (Å²) < 4.78 is 7.94. The Bertz CT molecular complexity index is 914. The van der Waals surface area contributed by atoms with Crippen LogP contribution in [0.5, 0.6) is 0 Å². The van der Waals surface area contributed by atoms with Crippen molar-refractivity contribution in [3.05, 3.63) is 54.4 Å². The van der Waals surface area contributed by atoms with Crippen molar-refractivity contribution in [2.45, 2.75) is 63.4 Å². The number of furan rings is 1. The first kappa shape index (κ1) is 16.1. The molecule has 5 rings (SSSR count). The molecule has 0 aromatic carbocycles. The molecule has 5 heterocycles. The maximum atomic E-state index is 11.4. The third-order valence-electron chi connectivity index (χ3n) is 6.18. The van der Waals surface area contributed by atoms with Gasteiger partial charge < -0.3 is 14.1 Å². The Morgan fingerprint density at radius 1 is 1.19 bits per heavy atom. The molecule has 136 valence electrons. The van der Waals surface area contributed by atoms with E-state index >= 15 is 0 Å². The molecule has 0 spiro atoms. The second-order valence-corrected chi connectivity index (χ2v) is 8.08. The van der Waals surface area contributed by atoms with Crippen molar-refractivity contribution >= 4 is 10.9 Å². The summed E-state index contributed by atoms with van der Waals surface area (Å²) in [7, 11) is 0. The molecule has 5 nitrogen and oxygen atoms in total. The molecule has 0 amide bonds. The van der Waals surface area contributed by atoms with Crippen molar-refractivity contribution in [1.82, 2.24) is 14.5 Å². The zero-order valence-electron chi connectivity index (χ0n) is 15.1. The number of rotatable bonds is 4. The predicted octanol–water partition coefficient (Wildman–Crippen LogP) is 3.50. The highest BCUT2D eigenvalue weighted by Gasteiger charge is 2.47. The van der Waals surface area contributed by atoms with Crippen molar-refractivity contribution in [3.8, 4) is 0 Å². The van der Waals surface area contributed by atoms with Gasteiger partial charge in [-0.3, -0.25) is 9.88 Å². The first-order chi connectivity index (χ1) is 12.6. The highest BCUT2D eigenvalue weighted by molar-refractivity contribution is 5.78. The molecule has 26 heavy (non-hydrogen) atoms. The Hall–Kier alpha value is -2.11. The van der Waals surface area contributed by atoms with Gasteiger partial charge in [0.1, 0.15) is 11.5 Å². The first-order valence-electron chi connectivity index (χ1n) is 9.52. The highest BCUT2D eigenvalue weighted by atomic mass is 16.3. The van der Waals surface area contributed by atoms with Crippen LogP contribution in [0.15, 0.2) is 47.3 Å². The molecule has 0 saturated carbocycles. The van der Waals surface area contributed by atoms with Crippen molar-refractivity contribution in [1.29, 1.82) is 0 Å². The van der Waals surface area contributed by atoms with Gasteiger partial charge >= 0.3 is 0 Å². The summed E-state index contributed by atoms with van der Waals surface area (Å²) in [6.07, 6.45) is 9.76. The van der Waals surface area contributed by atoms with E-state index in [4.69, 9.17) is 4.42 Å². The Labute approximate surface area is 153 Å². The van der Waals surface area contributed by atoms with Crippen LogP contribution < -0.4 is 0 Å². The highest BCUT2D eigenvalue weighted by Crippen LogP contribution is 2.42. The van der Waals surface area contributed by atoms with Crippen LogP contribution in [0.3, 0.4) is 0 Å². The smallest absolute Gasteiger partial charge is 0.118 e. The van der Waals surface area contributed by atoms with Gasteiger partial charge in [0.15, 0.2) is 0 Å². The van der Waals surface area contributed by atoms with E-state index in [-0.39, 0.29) is 0 Å². The van der Waals surface area contributed by atoms with Crippen molar-refractivity contribution in [2.75, 3.05) is 0 Å². The molecule has 2 atom stereocenters. The number of pyridine rings is 1. The van der Waals surface area contributed by atoms with Crippen LogP contribution in [0.2, 0.25) is 0 Å². The lowest BCUT2D eigenvalue weighted by atomic mass is 9.85. The Morgan fingerprint density at radius 3 is 2.73 bits per heavy atom. The molecule has 2 bridgehead atoms. The minimum Gasteiger partial charge on any atom is -0.465 e. The van der Waals surface area contributed by atoms with E-state index in [9.17, 15) is 5.11 Å². The third kappa shape index (κ3) is 2.75. The molecule has 3 aromatic heterocycles. The molecule has 3 aromatic rings. The summed E-state index contributed by atoms with van der Waals surface area (Å²) in [5, 5.41) is 12.6. The van der Waals surface area contributed by atoms with Gasteiger partial charge in [-0.1, -0.05) is 0 Å². The van der Waals surface area contributed by atoms with Crippen LogP contribution in [0.1, 0.15) is 37.2 Å². The van der Waals surface area contributed by atoms with Crippen LogP contribution in [0.4, 0.5) is 0 Å². The second kappa shape index (κ2) is 5.96. The van der Waals surface area contributed by atoms with Gasteiger partial charge in [-0.2, -0.15) is 0 Å². The standard InChI is InChI=1S/C21H25N3O2/c1-15-2-5-19(26-15)13-24-17-3-4-18(24)11-21(25,10-17)14-23-9-7-16-6-8-22-12-20(16)23/h2,5-9,12,17-18,25H,3-4,10-11,13-14H2,1H3/t17-,18-/m1/s1. The maximum absolute atomic E-state index is 11.4. The van der Waals surface area contributed by atoms with Crippen LogP contribution >= 0.6 is 0 Å². The van der Waals surface area contributed by atoms with Crippen LogP contribution in [-0.2, 0) is 13.1 Å². The fraction of sp³-hybridized carbons (Fsp3) is 0.476. The molecule has 1 N–H and O–H groups in total. The monoisotopic (exact) mass is 351 g/mol. The molecule has 2 fully saturated rings. The van der Waals surface area contributed by atoms with Gasteiger partial charge in [-0.15, -0.1) is 0 Å². The molecule has 2 saturated heterocycles. The minimum absolute atomic E-state index is 0.434. The lowest BCUT2D eigenvalue weighted by molar-refractivity contribution is -0.0658. The predicted molar refractivity (Wildman–Crippen MR) is 99.7 cm³/mol. The van der Waals surface area contributed by atoms with Crippen molar-refractivity contribution < 1.29 is 9.52 Å². The lowest BCUT2D eigenvalue weighted by Crippen LogP contribution is -2.52. The van der Waals surface area contributed by atoms with E-state index in [0.29, 0.717) is 18.6 Å². The quantitative estimate of drug-likeness (QED) is 0.782. The van der Waals surface area contributed by atoms with E-state index in [1.807, 2.05) is 31.5 Å². The average Bonchev–Trinajstić information content (AvgIpc) is 3.27. The number of aryl methyl sites for hydroxylation is 1. The van der Waals surface area contributed by atoms with Crippen molar-refractivity contribution in [3.63, 3.8) is 0 Å². The van der Waals surface area contributed by atoms with E-state index < -0.39 is 5.60 Å². The summed E-state index contributed by atoms with van der Waals surface area (Å²) in [5.41, 5.74) is 0.449. The summed E-state index contributed by atoms with van der Waals surface area (Å²) >= 11 is 0. The molecular weight excluding hydrogens is 326 g/mol. The van der Waals surface area contributed by atoms with Gasteiger partial charge in [0.25, 0.3) is 0 Å².